The highest BCUT2D eigenvalue weighted by Crippen LogP contribution is 2.35. The average molecular weight is 297 g/mol. The van der Waals surface area contributed by atoms with Crippen LogP contribution in [0.15, 0.2) is 24.3 Å². The van der Waals surface area contributed by atoms with Crippen molar-refractivity contribution in [2.75, 3.05) is 0 Å². The number of alkyl halides is 1. The van der Waals surface area contributed by atoms with Crippen molar-refractivity contribution in [1.29, 1.82) is 0 Å². The number of hydrogen-bond donors (Lipinski definition) is 0. The van der Waals surface area contributed by atoms with Gasteiger partial charge in [-0.25, -0.2) is 0 Å². The summed E-state index contributed by atoms with van der Waals surface area (Å²) in [5.74, 6) is 1.41. The van der Waals surface area contributed by atoms with Crippen LogP contribution in [0, 0.1) is 5.92 Å². The van der Waals surface area contributed by atoms with Crippen LogP contribution in [0.5, 0.6) is 0 Å². The Morgan fingerprint density at radius 2 is 1.35 bits per heavy atom. The third-order valence-electron chi connectivity index (χ3n) is 3.90. The SMILES string of the molecule is CCC(C)c1ccc(C(Br)C(CC)CC)cc1. The zero-order valence-corrected chi connectivity index (χ0v) is 13.1. The zero-order chi connectivity index (χ0) is 12.8. The van der Waals surface area contributed by atoms with E-state index in [0.29, 0.717) is 10.7 Å². The first kappa shape index (κ1) is 14.8. The molecule has 0 amide bonds. The lowest BCUT2D eigenvalue weighted by Gasteiger charge is -2.20. The molecule has 0 aliphatic heterocycles. The molecule has 17 heavy (non-hydrogen) atoms. The molecule has 2 atom stereocenters. The molecule has 0 nitrogen and oxygen atoms in total. The summed E-state index contributed by atoms with van der Waals surface area (Å²) in [6, 6.07) is 9.17. The van der Waals surface area contributed by atoms with Gasteiger partial charge in [0.2, 0.25) is 0 Å². The molecule has 0 fully saturated rings. The van der Waals surface area contributed by atoms with Crippen LogP contribution >= 0.6 is 15.9 Å². The van der Waals surface area contributed by atoms with Crippen molar-refractivity contribution in [2.45, 2.75) is 57.7 Å². The van der Waals surface area contributed by atoms with Gasteiger partial charge in [0.1, 0.15) is 0 Å². The van der Waals surface area contributed by atoms with Crippen LogP contribution in [0.25, 0.3) is 0 Å². The largest absolute Gasteiger partial charge is 0.0836 e. The Morgan fingerprint density at radius 1 is 0.882 bits per heavy atom. The molecule has 0 aliphatic rings. The van der Waals surface area contributed by atoms with Gasteiger partial charge in [-0.05, 0) is 29.4 Å². The van der Waals surface area contributed by atoms with Crippen molar-refractivity contribution in [3.05, 3.63) is 35.4 Å². The van der Waals surface area contributed by atoms with Crippen molar-refractivity contribution in [3.8, 4) is 0 Å². The van der Waals surface area contributed by atoms with E-state index in [-0.39, 0.29) is 0 Å². The van der Waals surface area contributed by atoms with E-state index in [2.05, 4.69) is 67.9 Å². The van der Waals surface area contributed by atoms with E-state index >= 15 is 0 Å². The molecule has 0 saturated carbocycles. The third kappa shape index (κ3) is 3.84. The van der Waals surface area contributed by atoms with Gasteiger partial charge in [-0.1, -0.05) is 80.7 Å². The fraction of sp³-hybridized carbons (Fsp3) is 0.625. The monoisotopic (exact) mass is 296 g/mol. The van der Waals surface area contributed by atoms with Crippen LogP contribution in [-0.4, -0.2) is 0 Å². The van der Waals surface area contributed by atoms with Gasteiger partial charge in [0.25, 0.3) is 0 Å². The van der Waals surface area contributed by atoms with Gasteiger partial charge in [-0.3, -0.25) is 0 Å². The van der Waals surface area contributed by atoms with Crippen LogP contribution in [0.3, 0.4) is 0 Å². The maximum absolute atomic E-state index is 3.85. The van der Waals surface area contributed by atoms with Crippen molar-refractivity contribution in [1.82, 2.24) is 0 Å². The van der Waals surface area contributed by atoms with Crippen molar-refractivity contribution in [3.63, 3.8) is 0 Å². The number of rotatable bonds is 6. The second-order valence-corrected chi connectivity index (χ2v) is 5.94. The number of hydrogen-bond acceptors (Lipinski definition) is 0. The first-order valence-electron chi connectivity index (χ1n) is 6.87. The predicted molar refractivity (Wildman–Crippen MR) is 80.9 cm³/mol. The van der Waals surface area contributed by atoms with Crippen LogP contribution in [0.4, 0.5) is 0 Å². The van der Waals surface area contributed by atoms with E-state index in [1.807, 2.05) is 0 Å². The van der Waals surface area contributed by atoms with Gasteiger partial charge in [0.05, 0.1) is 0 Å². The Hall–Kier alpha value is -0.300. The lowest BCUT2D eigenvalue weighted by Crippen LogP contribution is -2.05. The lowest BCUT2D eigenvalue weighted by molar-refractivity contribution is 0.486. The summed E-state index contributed by atoms with van der Waals surface area (Å²) in [5.41, 5.74) is 2.88. The molecule has 1 aromatic rings. The molecule has 0 N–H and O–H groups in total. The highest BCUT2D eigenvalue weighted by Gasteiger charge is 2.17. The molecule has 0 aromatic heterocycles. The zero-order valence-electron chi connectivity index (χ0n) is 11.5. The van der Waals surface area contributed by atoms with Gasteiger partial charge in [0.15, 0.2) is 0 Å². The molecule has 0 spiro atoms. The number of halogens is 1. The molecular weight excluding hydrogens is 272 g/mol. The number of benzene rings is 1. The molecule has 0 saturated heterocycles. The topological polar surface area (TPSA) is 0 Å². The first-order chi connectivity index (χ1) is 8.13. The second-order valence-electron chi connectivity index (χ2n) is 4.95. The molecule has 1 heteroatoms. The van der Waals surface area contributed by atoms with Gasteiger partial charge in [0, 0.05) is 4.83 Å². The summed E-state index contributed by atoms with van der Waals surface area (Å²) in [4.78, 5) is 0.503. The lowest BCUT2D eigenvalue weighted by atomic mass is 9.92. The van der Waals surface area contributed by atoms with Crippen LogP contribution in [-0.2, 0) is 0 Å². The molecule has 0 bridgehead atoms. The minimum Gasteiger partial charge on any atom is -0.0836 e. The molecular formula is C16H25Br. The molecule has 96 valence electrons. The minimum atomic E-state index is 0.503. The molecule has 2 unspecified atom stereocenters. The normalized spacial score (nSPS) is 14.9. The predicted octanol–water partition coefficient (Wildman–Crippen LogP) is 6.07. The van der Waals surface area contributed by atoms with E-state index in [9.17, 15) is 0 Å². The Balaban J connectivity index is 2.79. The summed E-state index contributed by atoms with van der Waals surface area (Å²) in [7, 11) is 0. The molecule has 0 aliphatic carbocycles. The fourth-order valence-corrected chi connectivity index (χ4v) is 3.27. The van der Waals surface area contributed by atoms with E-state index in [4.69, 9.17) is 0 Å². The summed E-state index contributed by atoms with van der Waals surface area (Å²) >= 11 is 3.85. The minimum absolute atomic E-state index is 0.503. The van der Waals surface area contributed by atoms with Gasteiger partial charge < -0.3 is 0 Å². The van der Waals surface area contributed by atoms with Crippen molar-refractivity contribution >= 4 is 15.9 Å². The molecule has 1 aromatic carbocycles. The Morgan fingerprint density at radius 3 is 1.76 bits per heavy atom. The van der Waals surface area contributed by atoms with E-state index < -0.39 is 0 Å². The van der Waals surface area contributed by atoms with Gasteiger partial charge >= 0.3 is 0 Å². The summed E-state index contributed by atoms with van der Waals surface area (Å²) < 4.78 is 0. The van der Waals surface area contributed by atoms with Crippen LogP contribution in [0.1, 0.15) is 68.8 Å². The average Bonchev–Trinajstić information content (AvgIpc) is 2.39. The standard InChI is InChI=1S/C16H25Br/c1-5-12(4)14-8-10-15(11-9-14)16(17)13(6-2)7-3/h8-13,16H,5-7H2,1-4H3. The Kier molecular flexibility index (Phi) is 6.26. The van der Waals surface area contributed by atoms with Crippen molar-refractivity contribution < 1.29 is 0 Å². The molecule has 1 rings (SSSR count). The van der Waals surface area contributed by atoms with Gasteiger partial charge in [-0.2, -0.15) is 0 Å². The second kappa shape index (κ2) is 7.20. The smallest absolute Gasteiger partial charge is 0.0423 e. The highest BCUT2D eigenvalue weighted by atomic mass is 79.9. The van der Waals surface area contributed by atoms with E-state index in [1.165, 1.54) is 30.4 Å². The quantitative estimate of drug-likeness (QED) is 0.559. The fourth-order valence-electron chi connectivity index (χ4n) is 2.22. The molecule has 0 heterocycles. The van der Waals surface area contributed by atoms with Crippen molar-refractivity contribution in [2.24, 2.45) is 5.92 Å². The first-order valence-corrected chi connectivity index (χ1v) is 7.79. The van der Waals surface area contributed by atoms with Crippen LogP contribution < -0.4 is 0 Å². The highest BCUT2D eigenvalue weighted by molar-refractivity contribution is 9.09. The van der Waals surface area contributed by atoms with Gasteiger partial charge in [-0.15, -0.1) is 0 Å². The van der Waals surface area contributed by atoms with Crippen LogP contribution in [0.2, 0.25) is 0 Å². The molecule has 0 radical (unpaired) electrons. The maximum atomic E-state index is 3.85. The Bertz CT molecular complexity index is 311. The summed E-state index contributed by atoms with van der Waals surface area (Å²) in [5, 5.41) is 0. The Labute approximate surface area is 115 Å². The van der Waals surface area contributed by atoms with E-state index in [0.717, 1.165) is 5.92 Å². The third-order valence-corrected chi connectivity index (χ3v) is 5.18. The maximum Gasteiger partial charge on any atom is 0.0423 e. The van der Waals surface area contributed by atoms with E-state index in [1.54, 1.807) is 0 Å². The summed E-state index contributed by atoms with van der Waals surface area (Å²) in [6.45, 7) is 9.09. The summed E-state index contributed by atoms with van der Waals surface area (Å²) in [6.07, 6.45) is 3.68.